The van der Waals surface area contributed by atoms with Crippen molar-refractivity contribution in [3.8, 4) is 0 Å². The number of rotatable bonds is 3. The number of carbonyl (C=O) groups excluding carboxylic acids is 1. The Labute approximate surface area is 55.2 Å². The van der Waals surface area contributed by atoms with Crippen molar-refractivity contribution in [2.45, 2.75) is 5.16 Å². The molecule has 0 aromatic carbocycles. The van der Waals surface area contributed by atoms with Crippen molar-refractivity contribution < 1.29 is 4.79 Å². The van der Waals surface area contributed by atoms with Gasteiger partial charge in [0.05, 0.1) is 5.75 Å². The summed E-state index contributed by atoms with van der Waals surface area (Å²) in [5.74, 6) is 0.261. The monoisotopic (exact) mass is 143 g/mol. The molecule has 0 fully saturated rings. The highest BCUT2D eigenvalue weighted by atomic mass is 32.2. The zero-order valence-corrected chi connectivity index (χ0v) is 5.18. The maximum Gasteiger partial charge on any atom is 0.209 e. The lowest BCUT2D eigenvalue weighted by molar-refractivity contribution is 0.560. The van der Waals surface area contributed by atoms with Crippen LogP contribution in [-0.2, 0) is 4.79 Å². The highest BCUT2D eigenvalue weighted by molar-refractivity contribution is 7.99. The van der Waals surface area contributed by atoms with Gasteiger partial charge in [-0.2, -0.15) is 0 Å². The van der Waals surface area contributed by atoms with Gasteiger partial charge < -0.3 is 0 Å². The maximum absolute atomic E-state index is 9.67. The van der Waals surface area contributed by atoms with Crippen molar-refractivity contribution >= 4 is 18.0 Å². The van der Waals surface area contributed by atoms with E-state index in [1.807, 2.05) is 0 Å². The van der Waals surface area contributed by atoms with Crippen molar-refractivity contribution in [1.29, 1.82) is 0 Å². The average molecular weight is 143 g/mol. The SMILES string of the molecule is O=[C]CSc1nnn[nH]1. The number of nitrogens with one attached hydrogen (secondary N) is 1. The highest BCUT2D eigenvalue weighted by Crippen LogP contribution is 2.06. The van der Waals surface area contributed by atoms with E-state index in [2.05, 4.69) is 20.6 Å². The molecule has 0 saturated heterocycles. The van der Waals surface area contributed by atoms with Gasteiger partial charge in [-0.15, -0.1) is 5.10 Å². The summed E-state index contributed by atoms with van der Waals surface area (Å²) in [5, 5.41) is 13.2. The molecule has 0 aliphatic heterocycles. The first kappa shape index (κ1) is 6.21. The Kier molecular flexibility index (Phi) is 2.20. The zero-order chi connectivity index (χ0) is 6.53. The third-order valence-corrected chi connectivity index (χ3v) is 1.30. The molecule has 0 amide bonds. The second kappa shape index (κ2) is 3.18. The second-order valence-corrected chi connectivity index (χ2v) is 2.10. The van der Waals surface area contributed by atoms with Gasteiger partial charge in [-0.25, -0.2) is 5.10 Å². The van der Waals surface area contributed by atoms with E-state index < -0.39 is 0 Å². The minimum absolute atomic E-state index is 0.261. The predicted octanol–water partition coefficient (Wildman–Crippen LogP) is -0.599. The van der Waals surface area contributed by atoms with Gasteiger partial charge in [-0.3, -0.25) is 4.79 Å². The van der Waals surface area contributed by atoms with Crippen molar-refractivity contribution in [1.82, 2.24) is 20.6 Å². The summed E-state index contributed by atoms with van der Waals surface area (Å²) < 4.78 is 0. The van der Waals surface area contributed by atoms with Crippen LogP contribution in [0.15, 0.2) is 5.16 Å². The normalized spacial score (nSPS) is 9.33. The zero-order valence-electron chi connectivity index (χ0n) is 4.37. The fourth-order valence-electron chi connectivity index (χ4n) is 0.309. The summed E-state index contributed by atoms with van der Waals surface area (Å²) >= 11 is 1.21. The van der Waals surface area contributed by atoms with Crippen LogP contribution in [0.4, 0.5) is 0 Å². The largest absolute Gasteiger partial charge is 0.290 e. The van der Waals surface area contributed by atoms with Gasteiger partial charge >= 0.3 is 0 Å². The second-order valence-electron chi connectivity index (χ2n) is 1.14. The average Bonchev–Trinajstić information content (AvgIpc) is 2.34. The molecule has 1 aromatic rings. The van der Waals surface area contributed by atoms with Crippen molar-refractivity contribution in [2.24, 2.45) is 0 Å². The molecule has 1 radical (unpaired) electrons. The number of aromatic amines is 1. The molecule has 0 aliphatic rings. The molecule has 1 aromatic heterocycles. The summed E-state index contributed by atoms with van der Waals surface area (Å²) in [6, 6.07) is 0. The van der Waals surface area contributed by atoms with Crippen LogP contribution < -0.4 is 0 Å². The Morgan fingerprint density at radius 1 is 1.78 bits per heavy atom. The molecule has 1 heterocycles. The Balaban J connectivity index is 2.38. The van der Waals surface area contributed by atoms with E-state index in [4.69, 9.17) is 0 Å². The summed E-state index contributed by atoms with van der Waals surface area (Å²) in [7, 11) is 0. The highest BCUT2D eigenvalue weighted by Gasteiger charge is 1.94. The number of nitrogens with zero attached hydrogens (tertiary/aromatic N) is 3. The van der Waals surface area contributed by atoms with Gasteiger partial charge in [0.1, 0.15) is 0 Å². The lowest BCUT2D eigenvalue weighted by Gasteiger charge is -1.81. The molecule has 1 rings (SSSR count). The molecule has 0 atom stereocenters. The minimum atomic E-state index is 0.261. The van der Waals surface area contributed by atoms with E-state index in [0.717, 1.165) is 0 Å². The predicted molar refractivity (Wildman–Crippen MR) is 30.6 cm³/mol. The maximum atomic E-state index is 9.67. The summed E-state index contributed by atoms with van der Waals surface area (Å²) in [4.78, 5) is 9.67. The number of aromatic nitrogens is 4. The number of hydrogen-bond acceptors (Lipinski definition) is 5. The van der Waals surface area contributed by atoms with E-state index in [9.17, 15) is 4.79 Å². The molecule has 9 heavy (non-hydrogen) atoms. The summed E-state index contributed by atoms with van der Waals surface area (Å²) in [6.45, 7) is 0. The number of H-pyrrole nitrogens is 1. The first-order valence-corrected chi connectivity index (χ1v) is 3.13. The van der Waals surface area contributed by atoms with Gasteiger partial charge in [0, 0.05) is 0 Å². The molecule has 0 bridgehead atoms. The van der Waals surface area contributed by atoms with Crippen LogP contribution in [0.1, 0.15) is 0 Å². The van der Waals surface area contributed by atoms with Crippen molar-refractivity contribution in [3.05, 3.63) is 0 Å². The van der Waals surface area contributed by atoms with Crippen LogP contribution in [-0.4, -0.2) is 32.7 Å². The Bertz CT molecular complexity index is 174. The number of thioether (sulfide) groups is 1. The van der Waals surface area contributed by atoms with Crippen molar-refractivity contribution in [3.63, 3.8) is 0 Å². The molecule has 0 saturated carbocycles. The van der Waals surface area contributed by atoms with Gasteiger partial charge in [0.2, 0.25) is 11.4 Å². The molecule has 47 valence electrons. The quantitative estimate of drug-likeness (QED) is 0.572. The van der Waals surface area contributed by atoms with Gasteiger partial charge in [0.15, 0.2) is 0 Å². The van der Waals surface area contributed by atoms with E-state index >= 15 is 0 Å². The van der Waals surface area contributed by atoms with Crippen molar-refractivity contribution in [2.75, 3.05) is 5.75 Å². The Hall–Kier alpha value is -0.910. The van der Waals surface area contributed by atoms with Crippen LogP contribution >= 0.6 is 11.8 Å². The summed E-state index contributed by atoms with van der Waals surface area (Å²) in [5.41, 5.74) is 0. The third-order valence-electron chi connectivity index (χ3n) is 0.594. The van der Waals surface area contributed by atoms with Gasteiger partial charge in [0.25, 0.3) is 0 Å². The molecule has 0 aliphatic carbocycles. The first-order valence-electron chi connectivity index (χ1n) is 2.15. The molecule has 1 N–H and O–H groups in total. The molecular formula is C3H3N4OS. The standard InChI is InChI=1S/C3H3N4OS/c8-1-2-9-3-4-6-7-5-3/h2H2,(H,4,5,6,7). The fraction of sp³-hybridized carbons (Fsp3) is 0.333. The van der Waals surface area contributed by atoms with Crippen LogP contribution in [0.3, 0.4) is 0 Å². The van der Waals surface area contributed by atoms with Crippen LogP contribution in [0.2, 0.25) is 0 Å². The first-order chi connectivity index (χ1) is 4.43. The lowest BCUT2D eigenvalue weighted by Crippen LogP contribution is -1.80. The summed E-state index contributed by atoms with van der Waals surface area (Å²) in [6.07, 6.45) is 1.70. The van der Waals surface area contributed by atoms with E-state index in [0.29, 0.717) is 5.16 Å². The number of tetrazole rings is 1. The topological polar surface area (TPSA) is 71.5 Å². The third kappa shape index (κ3) is 1.80. The number of hydrogen-bond donors (Lipinski definition) is 1. The fourth-order valence-corrected chi connectivity index (χ4v) is 0.705. The van der Waals surface area contributed by atoms with Crippen LogP contribution in [0, 0.1) is 0 Å². The van der Waals surface area contributed by atoms with Crippen LogP contribution in [0.25, 0.3) is 0 Å². The van der Waals surface area contributed by atoms with Crippen LogP contribution in [0.5, 0.6) is 0 Å². The molecule has 5 nitrogen and oxygen atoms in total. The lowest BCUT2D eigenvalue weighted by atomic mass is 10.9. The molecule has 0 spiro atoms. The molecule has 6 heteroatoms. The van der Waals surface area contributed by atoms with E-state index in [1.165, 1.54) is 11.8 Å². The minimum Gasteiger partial charge on any atom is -0.290 e. The van der Waals surface area contributed by atoms with Gasteiger partial charge in [-0.05, 0) is 10.4 Å². The Morgan fingerprint density at radius 3 is 3.22 bits per heavy atom. The Morgan fingerprint density at radius 2 is 2.67 bits per heavy atom. The molecular weight excluding hydrogens is 140 g/mol. The van der Waals surface area contributed by atoms with Gasteiger partial charge in [-0.1, -0.05) is 11.8 Å². The van der Waals surface area contributed by atoms with E-state index in [-0.39, 0.29) is 5.75 Å². The smallest absolute Gasteiger partial charge is 0.209 e. The molecule has 0 unspecified atom stereocenters. The van der Waals surface area contributed by atoms with E-state index in [1.54, 1.807) is 6.29 Å².